The molecule has 1 aliphatic heterocycles. The van der Waals surface area contributed by atoms with E-state index in [1.54, 1.807) is 0 Å². The van der Waals surface area contributed by atoms with Gasteiger partial charge in [-0.25, -0.2) is 4.57 Å². The molecule has 0 unspecified atom stereocenters. The largest absolute Gasteiger partial charge is 0.481 e. The first-order chi connectivity index (χ1) is 32.2. The van der Waals surface area contributed by atoms with E-state index in [1.807, 2.05) is 0 Å². The van der Waals surface area contributed by atoms with Crippen LogP contribution in [0, 0.1) is 0 Å². The minimum atomic E-state index is -5.33. The molecule has 0 bridgehead atoms. The highest BCUT2D eigenvalue weighted by Crippen LogP contribution is 2.42. The van der Waals surface area contributed by atoms with Gasteiger partial charge in [-0.3, -0.25) is 23.7 Å². The lowest BCUT2D eigenvalue weighted by Crippen LogP contribution is -2.65. The highest BCUT2D eigenvalue weighted by atomic mass is 31.2. The third kappa shape index (κ3) is 33.9. The van der Waals surface area contributed by atoms with Gasteiger partial charge in [0.2, 0.25) is 5.91 Å². The van der Waals surface area contributed by atoms with Gasteiger partial charge in [-0.05, 0) is 32.1 Å². The molecule has 7 atom stereocenters. The van der Waals surface area contributed by atoms with Crippen molar-refractivity contribution in [3.63, 3.8) is 0 Å². The fourth-order valence-electron chi connectivity index (χ4n) is 8.98. The van der Waals surface area contributed by atoms with Gasteiger partial charge in [0.05, 0.1) is 37.7 Å². The molecule has 0 aromatic carbocycles. The summed E-state index contributed by atoms with van der Waals surface area (Å²) in [6, 6.07) is -1.39. The molecule has 16 heteroatoms. The summed E-state index contributed by atoms with van der Waals surface area (Å²) in [4.78, 5) is 72.3. The van der Waals surface area contributed by atoms with Gasteiger partial charge >= 0.3 is 25.7 Å². The second-order valence-electron chi connectivity index (χ2n) is 19.1. The van der Waals surface area contributed by atoms with E-state index in [-0.39, 0.29) is 19.3 Å². The predicted molar refractivity (Wildman–Crippen MR) is 261 cm³/mol. The van der Waals surface area contributed by atoms with Gasteiger partial charge in [-0.15, -0.1) is 0 Å². The summed E-state index contributed by atoms with van der Waals surface area (Å²) in [6.45, 7) is 5.73. The van der Waals surface area contributed by atoms with Crippen molar-refractivity contribution >= 4 is 31.6 Å². The third-order valence-corrected chi connectivity index (χ3v) is 13.4. The molecule has 1 aliphatic rings. The Balaban J connectivity index is 3.13. The normalized spacial score (nSPS) is 19.5. The number of carboxylic acid groups (broad SMARTS) is 1. The number of aliphatic carboxylic acids is 1. The van der Waals surface area contributed by atoms with Crippen LogP contribution >= 0.6 is 7.82 Å². The highest BCUT2D eigenvalue weighted by Gasteiger charge is 2.51. The minimum Gasteiger partial charge on any atom is -0.481 e. The molecule has 6 N–H and O–H groups in total. The van der Waals surface area contributed by atoms with Crippen molar-refractivity contribution in [2.45, 2.75) is 295 Å². The first-order valence-corrected chi connectivity index (χ1v) is 28.4. The van der Waals surface area contributed by atoms with Crippen LogP contribution in [0.25, 0.3) is 0 Å². The molecule has 1 heterocycles. The van der Waals surface area contributed by atoms with E-state index in [9.17, 15) is 48.8 Å². The van der Waals surface area contributed by atoms with Crippen molar-refractivity contribution in [1.29, 1.82) is 0 Å². The van der Waals surface area contributed by atoms with Crippen molar-refractivity contribution in [1.82, 2.24) is 5.32 Å². The first-order valence-electron chi connectivity index (χ1n) is 26.8. The highest BCUT2D eigenvalue weighted by molar-refractivity contribution is 7.46. The number of amides is 1. The van der Waals surface area contributed by atoms with Crippen LogP contribution in [0.5, 0.6) is 0 Å². The van der Waals surface area contributed by atoms with E-state index in [4.69, 9.17) is 18.7 Å². The fraction of sp³-hybridized carbons (Fsp3) is 0.922. The van der Waals surface area contributed by atoms with Crippen LogP contribution in [0.2, 0.25) is 0 Å². The number of carboxylic acids is 1. The zero-order chi connectivity index (χ0) is 49.5. The van der Waals surface area contributed by atoms with E-state index in [2.05, 4.69) is 26.1 Å². The Morgan fingerprint density at radius 2 is 1.03 bits per heavy atom. The fourth-order valence-corrected chi connectivity index (χ4v) is 9.55. The predicted octanol–water partition coefficient (Wildman–Crippen LogP) is 11.1. The van der Waals surface area contributed by atoms with Gasteiger partial charge in [0.1, 0.15) is 18.3 Å². The molecule has 15 nitrogen and oxygen atoms in total. The smallest absolute Gasteiger partial charge is 0.470 e. The Kier molecular flexibility index (Phi) is 38.1. The van der Waals surface area contributed by atoms with Crippen LogP contribution in [-0.2, 0) is 42.5 Å². The Morgan fingerprint density at radius 3 is 1.48 bits per heavy atom. The number of aliphatic hydroxyl groups excluding tert-OH is 2. The summed E-state index contributed by atoms with van der Waals surface area (Å²) >= 11 is 0. The van der Waals surface area contributed by atoms with E-state index in [0.717, 1.165) is 70.6 Å². The van der Waals surface area contributed by atoms with Crippen molar-refractivity contribution in [3.05, 3.63) is 0 Å². The molecule has 1 amide bonds. The number of phosphoric acid groups is 1. The van der Waals surface area contributed by atoms with Crippen LogP contribution in [0.3, 0.4) is 0 Å². The average Bonchev–Trinajstić information content (AvgIpc) is 3.27. The average molecular weight is 978 g/mol. The van der Waals surface area contributed by atoms with Gasteiger partial charge in [-0.1, -0.05) is 194 Å². The standard InChI is InChI=1S/C51H96NO14P/c1-4-7-10-13-16-19-20-23-26-29-32-35-47(58)63-42(34-31-28-25-22-18-15-12-9-6-3)39-48(59)65-51-49(43(36-37-46(56)57)64-44(40-53)50(51)66-67(60,61)62)52-45(55)38-41(54)33-30-27-24-21-17-14-11-8-5-2/h41-44,49-51,53-54H,4-40H2,1-3H3,(H,52,55)(H,56,57)(H2,60,61,62)/t41-,42-,43-,44-,49+,50-,51-/m1/s1. The summed E-state index contributed by atoms with van der Waals surface area (Å²) in [5.74, 6) is -3.22. The van der Waals surface area contributed by atoms with Crippen molar-refractivity contribution in [2.75, 3.05) is 6.61 Å². The zero-order valence-corrected chi connectivity index (χ0v) is 43.0. The molecule has 394 valence electrons. The van der Waals surface area contributed by atoms with E-state index < -0.39 is 93.8 Å². The number of hydrogen-bond donors (Lipinski definition) is 6. The maximum atomic E-state index is 14.0. The number of carbonyl (C=O) groups excluding carboxylic acids is 3. The zero-order valence-electron chi connectivity index (χ0n) is 42.1. The number of carbonyl (C=O) groups is 4. The Morgan fingerprint density at radius 1 is 0.582 bits per heavy atom. The van der Waals surface area contributed by atoms with E-state index >= 15 is 0 Å². The summed E-state index contributed by atoms with van der Waals surface area (Å²) in [5.41, 5.74) is 0. The lowest BCUT2D eigenvalue weighted by molar-refractivity contribution is -0.210. The van der Waals surface area contributed by atoms with Crippen LogP contribution in [-0.4, -0.2) is 98.2 Å². The van der Waals surface area contributed by atoms with Crippen molar-refractivity contribution in [3.8, 4) is 0 Å². The van der Waals surface area contributed by atoms with Crippen molar-refractivity contribution in [2.24, 2.45) is 0 Å². The molecule has 67 heavy (non-hydrogen) atoms. The number of phosphoric ester groups is 1. The molecule has 0 aromatic rings. The van der Waals surface area contributed by atoms with Gasteiger partial charge in [0, 0.05) is 12.8 Å². The van der Waals surface area contributed by atoms with Crippen LogP contribution < -0.4 is 5.32 Å². The second-order valence-corrected chi connectivity index (χ2v) is 20.3. The Hall–Kier alpha value is -2.13. The molecule has 0 radical (unpaired) electrons. The number of rotatable bonds is 45. The lowest BCUT2D eigenvalue weighted by Gasteiger charge is -2.45. The molecule has 1 saturated heterocycles. The second kappa shape index (κ2) is 40.6. The quantitative estimate of drug-likeness (QED) is 0.0189. The Labute approximate surface area is 404 Å². The van der Waals surface area contributed by atoms with Gasteiger partial charge < -0.3 is 44.6 Å². The molecular weight excluding hydrogens is 882 g/mol. The minimum absolute atomic E-state index is 0.195. The van der Waals surface area contributed by atoms with Crippen LogP contribution in [0.1, 0.15) is 252 Å². The Bertz CT molecular complexity index is 1320. The van der Waals surface area contributed by atoms with Crippen LogP contribution in [0.15, 0.2) is 0 Å². The first kappa shape index (κ1) is 62.9. The molecule has 0 saturated carbocycles. The number of aliphatic hydroxyl groups is 2. The maximum absolute atomic E-state index is 14.0. The van der Waals surface area contributed by atoms with Gasteiger partial charge in [0.15, 0.2) is 6.10 Å². The van der Waals surface area contributed by atoms with E-state index in [0.29, 0.717) is 32.1 Å². The number of unbranched alkanes of at least 4 members (excludes halogenated alkanes) is 26. The maximum Gasteiger partial charge on any atom is 0.470 e. The molecule has 1 rings (SSSR count). The van der Waals surface area contributed by atoms with Gasteiger partial charge in [0.25, 0.3) is 0 Å². The summed E-state index contributed by atoms with van der Waals surface area (Å²) in [6.07, 6.45) is 23.3. The third-order valence-electron chi connectivity index (χ3n) is 12.8. The van der Waals surface area contributed by atoms with Crippen molar-refractivity contribution < 1.29 is 67.6 Å². The molecule has 1 fully saturated rings. The summed E-state index contributed by atoms with van der Waals surface area (Å²) in [7, 11) is -5.33. The number of ether oxygens (including phenoxy) is 3. The molecule has 0 aromatic heterocycles. The number of nitrogens with one attached hydrogen (secondary N) is 1. The summed E-state index contributed by atoms with van der Waals surface area (Å²) in [5, 5.41) is 33.4. The topological polar surface area (TPSA) is 235 Å². The monoisotopic (exact) mass is 978 g/mol. The number of esters is 2. The number of hydrogen-bond acceptors (Lipinski definition) is 11. The summed E-state index contributed by atoms with van der Waals surface area (Å²) < 4.78 is 35.1. The lowest BCUT2D eigenvalue weighted by atomic mass is 9.89. The van der Waals surface area contributed by atoms with Crippen LogP contribution in [0.4, 0.5) is 0 Å². The molecule has 0 aliphatic carbocycles. The molecule has 0 spiro atoms. The molecular formula is C51H96NO14P. The van der Waals surface area contributed by atoms with E-state index in [1.165, 1.54) is 96.3 Å². The SMILES string of the molecule is CCCCCCCCCCCCCC(=O)O[C@H](CCCCCCCCCCC)CC(=O)O[C@@H]1[C@@H](NC(=O)C[C@H](O)CCCCCCCCCCC)[C@@H](CCC(=O)O)O[C@H](CO)[C@H]1OP(=O)(O)O. The van der Waals surface area contributed by atoms with Gasteiger partial charge in [-0.2, -0.15) is 0 Å².